The van der Waals surface area contributed by atoms with E-state index in [2.05, 4.69) is 21.2 Å². The molecule has 0 amide bonds. The Balaban J connectivity index is 2.28. The van der Waals surface area contributed by atoms with E-state index in [1.54, 1.807) is 12.1 Å². The highest BCUT2D eigenvalue weighted by Gasteiger charge is 2.15. The number of nitrogens with one attached hydrogen (secondary N) is 1. The number of halogens is 4. The fourth-order valence-electron chi connectivity index (χ4n) is 2.05. The van der Waals surface area contributed by atoms with Crippen LogP contribution in [0.2, 0.25) is 10.0 Å². The molecule has 106 valence electrons. The highest BCUT2D eigenvalue weighted by molar-refractivity contribution is 9.10. The molecule has 0 aliphatic rings. The molecule has 0 fully saturated rings. The summed E-state index contributed by atoms with van der Waals surface area (Å²) >= 11 is 15.5. The largest absolute Gasteiger partial charge is 0.313 e. The van der Waals surface area contributed by atoms with Crippen molar-refractivity contribution in [2.24, 2.45) is 0 Å². The first-order valence-electron chi connectivity index (χ1n) is 6.07. The minimum Gasteiger partial charge on any atom is -0.313 e. The maximum atomic E-state index is 13.2. The third-order valence-electron chi connectivity index (χ3n) is 3.11. The molecule has 2 aromatic rings. The highest BCUT2D eigenvalue weighted by Crippen LogP contribution is 2.29. The fourth-order valence-corrected chi connectivity index (χ4v) is 2.88. The minimum atomic E-state index is -0.406. The van der Waals surface area contributed by atoms with Crippen LogP contribution in [-0.2, 0) is 6.42 Å². The van der Waals surface area contributed by atoms with Crippen molar-refractivity contribution in [2.45, 2.75) is 12.5 Å². The first-order valence-corrected chi connectivity index (χ1v) is 7.62. The van der Waals surface area contributed by atoms with E-state index in [0.29, 0.717) is 11.4 Å². The summed E-state index contributed by atoms with van der Waals surface area (Å²) in [7, 11) is 1.87. The normalized spacial score (nSPS) is 12.4. The molecule has 0 aliphatic heterocycles. The van der Waals surface area contributed by atoms with Gasteiger partial charge in [-0.1, -0.05) is 45.2 Å². The van der Waals surface area contributed by atoms with Crippen LogP contribution >= 0.6 is 39.1 Å². The van der Waals surface area contributed by atoms with Gasteiger partial charge in [0.25, 0.3) is 0 Å². The van der Waals surface area contributed by atoms with Crippen molar-refractivity contribution < 1.29 is 4.39 Å². The van der Waals surface area contributed by atoms with Gasteiger partial charge in [-0.25, -0.2) is 4.39 Å². The topological polar surface area (TPSA) is 12.0 Å². The zero-order valence-electron chi connectivity index (χ0n) is 10.8. The van der Waals surface area contributed by atoms with Gasteiger partial charge in [-0.15, -0.1) is 0 Å². The molecule has 1 N–H and O–H groups in total. The van der Waals surface area contributed by atoms with Crippen molar-refractivity contribution in [3.63, 3.8) is 0 Å². The molecular weight excluding hydrogens is 364 g/mol. The van der Waals surface area contributed by atoms with Crippen molar-refractivity contribution in [2.75, 3.05) is 7.05 Å². The lowest BCUT2D eigenvalue weighted by atomic mass is 9.99. The van der Waals surface area contributed by atoms with Gasteiger partial charge in [-0.05, 0) is 54.9 Å². The van der Waals surface area contributed by atoms with Gasteiger partial charge in [0.05, 0.1) is 5.02 Å². The molecule has 0 spiro atoms. The molecule has 0 bridgehead atoms. The lowest BCUT2D eigenvalue weighted by Gasteiger charge is -2.18. The summed E-state index contributed by atoms with van der Waals surface area (Å²) in [6, 6.07) is 10.5. The van der Waals surface area contributed by atoms with Crippen molar-refractivity contribution in [1.82, 2.24) is 5.32 Å². The quantitative estimate of drug-likeness (QED) is 0.753. The van der Waals surface area contributed by atoms with Crippen molar-refractivity contribution in [1.29, 1.82) is 0 Å². The molecule has 0 heterocycles. The van der Waals surface area contributed by atoms with Gasteiger partial charge < -0.3 is 5.32 Å². The van der Waals surface area contributed by atoms with Gasteiger partial charge in [0.1, 0.15) is 5.82 Å². The minimum absolute atomic E-state index is 0.0292. The van der Waals surface area contributed by atoms with Crippen LogP contribution in [0.3, 0.4) is 0 Å². The molecule has 1 unspecified atom stereocenters. The molecule has 0 aromatic heterocycles. The Kier molecular flexibility index (Phi) is 5.44. The Labute approximate surface area is 136 Å². The summed E-state index contributed by atoms with van der Waals surface area (Å²) in [5.41, 5.74) is 1.94. The standard InChI is InChI=1S/C15H13BrCl2FN/c1-20-15(11-8-10(16)3-4-12(11)17)7-9-2-5-14(19)13(18)6-9/h2-6,8,15,20H,7H2,1H3. The highest BCUT2D eigenvalue weighted by atomic mass is 79.9. The number of rotatable bonds is 4. The molecule has 1 atom stereocenters. The first kappa shape index (κ1) is 15.8. The van der Waals surface area contributed by atoms with Crippen LogP contribution in [0.15, 0.2) is 40.9 Å². The Morgan fingerprint density at radius 1 is 1.15 bits per heavy atom. The monoisotopic (exact) mass is 375 g/mol. The average Bonchev–Trinajstić information content (AvgIpc) is 2.43. The third-order valence-corrected chi connectivity index (χ3v) is 4.23. The smallest absolute Gasteiger partial charge is 0.141 e. The van der Waals surface area contributed by atoms with Crippen LogP contribution in [0.25, 0.3) is 0 Å². The van der Waals surface area contributed by atoms with Crippen molar-refractivity contribution in [3.05, 3.63) is 67.9 Å². The SMILES string of the molecule is CNC(Cc1ccc(F)c(Cl)c1)c1cc(Br)ccc1Cl. The molecule has 2 rings (SSSR count). The predicted molar refractivity (Wildman–Crippen MR) is 86.1 cm³/mol. The van der Waals surface area contributed by atoms with E-state index in [4.69, 9.17) is 23.2 Å². The maximum absolute atomic E-state index is 13.2. The number of hydrogen-bond donors (Lipinski definition) is 1. The molecule has 5 heteroatoms. The van der Waals surface area contributed by atoms with Crippen LogP contribution in [0.5, 0.6) is 0 Å². The van der Waals surface area contributed by atoms with Crippen LogP contribution in [0.1, 0.15) is 17.2 Å². The molecule has 2 aromatic carbocycles. The van der Waals surface area contributed by atoms with E-state index < -0.39 is 5.82 Å². The number of hydrogen-bond acceptors (Lipinski definition) is 1. The summed E-state index contributed by atoms with van der Waals surface area (Å²) in [5, 5.41) is 4.06. The molecular formula is C15H13BrCl2FN. The van der Waals surface area contributed by atoms with E-state index in [9.17, 15) is 4.39 Å². The zero-order chi connectivity index (χ0) is 14.7. The second kappa shape index (κ2) is 6.90. The van der Waals surface area contributed by atoms with E-state index in [1.807, 2.05) is 25.2 Å². The Morgan fingerprint density at radius 2 is 1.90 bits per heavy atom. The average molecular weight is 377 g/mol. The maximum Gasteiger partial charge on any atom is 0.141 e. The Morgan fingerprint density at radius 3 is 2.55 bits per heavy atom. The van der Waals surface area contributed by atoms with Gasteiger partial charge in [-0.3, -0.25) is 0 Å². The van der Waals surface area contributed by atoms with Crippen LogP contribution in [0, 0.1) is 5.82 Å². The second-order valence-corrected chi connectivity index (χ2v) is 6.19. The molecule has 0 radical (unpaired) electrons. The first-order chi connectivity index (χ1) is 9.51. The molecule has 0 saturated carbocycles. The Hall–Kier alpha value is -0.610. The molecule has 0 saturated heterocycles. The van der Waals surface area contributed by atoms with Gasteiger partial charge in [0.15, 0.2) is 0 Å². The van der Waals surface area contributed by atoms with Gasteiger partial charge in [0, 0.05) is 15.5 Å². The van der Waals surface area contributed by atoms with E-state index >= 15 is 0 Å². The van der Waals surface area contributed by atoms with Crippen LogP contribution in [0.4, 0.5) is 4.39 Å². The van der Waals surface area contributed by atoms with Crippen molar-refractivity contribution in [3.8, 4) is 0 Å². The third kappa shape index (κ3) is 3.73. The van der Waals surface area contributed by atoms with Crippen LogP contribution < -0.4 is 5.32 Å². The second-order valence-electron chi connectivity index (χ2n) is 4.46. The predicted octanol–water partition coefficient (Wildman–Crippen LogP) is 5.40. The number of benzene rings is 2. The fraction of sp³-hybridized carbons (Fsp3) is 0.200. The summed E-state index contributed by atoms with van der Waals surface area (Å²) in [4.78, 5) is 0. The van der Waals surface area contributed by atoms with Gasteiger partial charge in [-0.2, -0.15) is 0 Å². The lowest BCUT2D eigenvalue weighted by molar-refractivity contribution is 0.589. The summed E-state index contributed by atoms with van der Waals surface area (Å²) in [6.45, 7) is 0. The molecule has 1 nitrogen and oxygen atoms in total. The summed E-state index contributed by atoms with van der Waals surface area (Å²) in [5.74, 6) is -0.406. The van der Waals surface area contributed by atoms with Gasteiger partial charge in [0.2, 0.25) is 0 Å². The summed E-state index contributed by atoms with van der Waals surface area (Å²) in [6.07, 6.45) is 0.673. The lowest BCUT2D eigenvalue weighted by Crippen LogP contribution is -2.19. The van der Waals surface area contributed by atoms with E-state index in [-0.39, 0.29) is 11.1 Å². The van der Waals surface area contributed by atoms with Crippen LogP contribution in [-0.4, -0.2) is 7.05 Å². The zero-order valence-corrected chi connectivity index (χ0v) is 13.9. The van der Waals surface area contributed by atoms with Crippen molar-refractivity contribution >= 4 is 39.1 Å². The number of likely N-dealkylation sites (N-methyl/N-ethyl adjacent to an activating group) is 1. The summed E-state index contributed by atoms with van der Waals surface area (Å²) < 4.78 is 14.2. The molecule has 0 aliphatic carbocycles. The van der Waals surface area contributed by atoms with Gasteiger partial charge >= 0.3 is 0 Å². The van der Waals surface area contributed by atoms with E-state index in [0.717, 1.165) is 15.6 Å². The Bertz CT molecular complexity index is 619. The van der Waals surface area contributed by atoms with E-state index in [1.165, 1.54) is 6.07 Å². The molecule has 20 heavy (non-hydrogen) atoms.